The minimum Gasteiger partial charge on any atom is -0.493 e. The van der Waals surface area contributed by atoms with Crippen LogP contribution in [-0.2, 0) is 4.74 Å². The molecule has 0 fully saturated rings. The first kappa shape index (κ1) is 23.3. The van der Waals surface area contributed by atoms with E-state index in [1.165, 1.54) is 0 Å². The first-order chi connectivity index (χ1) is 14.5. The average Bonchev–Trinajstić information content (AvgIpc) is 3.21. The smallest absolute Gasteiger partial charge is 0.203 e. The van der Waals surface area contributed by atoms with E-state index in [1.54, 1.807) is 28.4 Å². The second kappa shape index (κ2) is 10.1. The van der Waals surface area contributed by atoms with E-state index in [0.29, 0.717) is 22.8 Å². The summed E-state index contributed by atoms with van der Waals surface area (Å²) >= 11 is 0. The van der Waals surface area contributed by atoms with E-state index >= 15 is 0 Å². The second-order valence-corrected chi connectivity index (χ2v) is 6.54. The molecule has 1 unspecified atom stereocenters. The average molecular weight is 415 g/mol. The third-order valence-corrected chi connectivity index (χ3v) is 5.09. The highest BCUT2D eigenvalue weighted by Gasteiger charge is 2.19. The van der Waals surface area contributed by atoms with Crippen LogP contribution < -0.4 is 14.2 Å². The molecule has 2 heterocycles. The molecule has 1 N–H and O–H groups in total. The molecule has 7 nitrogen and oxygen atoms in total. The van der Waals surface area contributed by atoms with Crippen LogP contribution in [0.15, 0.2) is 30.5 Å². The molecular weight excluding hydrogens is 386 g/mol. The number of aldehydes is 1. The van der Waals surface area contributed by atoms with Gasteiger partial charge in [-0.2, -0.15) is 0 Å². The van der Waals surface area contributed by atoms with Crippen LogP contribution in [0.4, 0.5) is 0 Å². The minimum absolute atomic E-state index is 0.164. The molecule has 0 saturated heterocycles. The number of rotatable bonds is 7. The second-order valence-electron chi connectivity index (χ2n) is 6.54. The fourth-order valence-corrected chi connectivity index (χ4v) is 3.54. The number of fused-ring (bicyclic) bond motifs is 1. The van der Waals surface area contributed by atoms with E-state index in [1.807, 2.05) is 44.3 Å². The van der Waals surface area contributed by atoms with Gasteiger partial charge in [-0.1, -0.05) is 0 Å². The van der Waals surface area contributed by atoms with E-state index in [4.69, 9.17) is 24.1 Å². The third kappa shape index (κ3) is 4.13. The van der Waals surface area contributed by atoms with E-state index < -0.39 is 0 Å². The molecule has 0 aliphatic heterocycles. The van der Waals surface area contributed by atoms with Crippen molar-refractivity contribution in [1.82, 2.24) is 4.40 Å². The number of methoxy groups -OCH3 is 4. The summed E-state index contributed by atoms with van der Waals surface area (Å²) in [7, 11) is 7.42. The van der Waals surface area contributed by atoms with Gasteiger partial charge in [0.05, 0.1) is 33.1 Å². The van der Waals surface area contributed by atoms with Crippen molar-refractivity contribution in [3.8, 4) is 28.4 Å². The molecule has 0 saturated carbocycles. The number of ether oxygens (including phenoxy) is 4. The maximum atomic E-state index is 11.6. The zero-order valence-corrected chi connectivity index (χ0v) is 18.5. The number of pyridine rings is 1. The molecule has 3 rings (SSSR count). The van der Waals surface area contributed by atoms with Crippen LogP contribution in [0.2, 0.25) is 0 Å². The summed E-state index contributed by atoms with van der Waals surface area (Å²) in [5.74, 6) is 1.72. The zero-order chi connectivity index (χ0) is 22.4. The lowest BCUT2D eigenvalue weighted by molar-refractivity contribution is 0.111. The van der Waals surface area contributed by atoms with Gasteiger partial charge in [-0.15, -0.1) is 0 Å². The molecule has 3 aromatic rings. The molecule has 7 heteroatoms. The summed E-state index contributed by atoms with van der Waals surface area (Å²) in [6.45, 7) is 3.91. The van der Waals surface area contributed by atoms with Crippen molar-refractivity contribution in [2.75, 3.05) is 35.5 Å². The first-order valence-corrected chi connectivity index (χ1v) is 9.37. The number of aromatic nitrogens is 1. The van der Waals surface area contributed by atoms with Crippen LogP contribution in [0.25, 0.3) is 16.6 Å². The number of carbonyl (C=O) groups excluding carboxylic acids is 1. The Morgan fingerprint density at radius 2 is 1.53 bits per heavy atom. The highest BCUT2D eigenvalue weighted by molar-refractivity contribution is 5.83. The lowest BCUT2D eigenvalue weighted by Gasteiger charge is -2.17. The molecule has 162 valence electrons. The number of aliphatic hydroxyl groups excluding tert-OH is 1. The molecule has 0 aliphatic carbocycles. The van der Waals surface area contributed by atoms with Gasteiger partial charge in [0.2, 0.25) is 5.75 Å². The van der Waals surface area contributed by atoms with Crippen LogP contribution in [0.5, 0.6) is 17.2 Å². The van der Waals surface area contributed by atoms with Gasteiger partial charge in [-0.05, 0) is 49.2 Å². The molecule has 0 radical (unpaired) electrons. The zero-order valence-electron chi connectivity index (χ0n) is 18.5. The third-order valence-electron chi connectivity index (χ3n) is 5.09. The number of carbonyl (C=O) groups is 1. The van der Waals surface area contributed by atoms with Crippen molar-refractivity contribution in [1.29, 1.82) is 0 Å². The summed E-state index contributed by atoms with van der Waals surface area (Å²) in [6.07, 6.45) is 2.75. The van der Waals surface area contributed by atoms with Gasteiger partial charge in [-0.25, -0.2) is 0 Å². The maximum Gasteiger partial charge on any atom is 0.203 e. The normalized spacial score (nSPS) is 11.5. The topological polar surface area (TPSA) is 78.6 Å². The Bertz CT molecular complexity index is 999. The standard InChI is InChI=1S/C22H25NO5.CH4O/c1-13-17(12-24)8-18-7-16(11-23(18)21(13)14(2)25-3)15-9-19(26-4)22(28-6)20(10-15)27-5;1-2/h7-12,14H,1-6H3;2H,1H3. The molecule has 0 spiro atoms. The van der Waals surface area contributed by atoms with Gasteiger partial charge in [0, 0.05) is 37.1 Å². The van der Waals surface area contributed by atoms with Gasteiger partial charge in [0.1, 0.15) is 6.29 Å². The molecule has 0 aliphatic rings. The van der Waals surface area contributed by atoms with Crippen molar-refractivity contribution >= 4 is 11.8 Å². The van der Waals surface area contributed by atoms with Gasteiger partial charge < -0.3 is 28.5 Å². The molecule has 30 heavy (non-hydrogen) atoms. The fraction of sp³-hybridized carbons (Fsp3) is 0.348. The monoisotopic (exact) mass is 415 g/mol. The van der Waals surface area contributed by atoms with E-state index in [9.17, 15) is 4.79 Å². The lowest BCUT2D eigenvalue weighted by Crippen LogP contribution is -2.08. The van der Waals surface area contributed by atoms with Crippen molar-refractivity contribution < 1.29 is 28.8 Å². The van der Waals surface area contributed by atoms with E-state index in [-0.39, 0.29) is 6.10 Å². The Hall–Kier alpha value is -3.03. The summed E-state index contributed by atoms with van der Waals surface area (Å²) in [5.41, 5.74) is 5.30. The Morgan fingerprint density at radius 1 is 0.933 bits per heavy atom. The maximum absolute atomic E-state index is 11.6. The van der Waals surface area contributed by atoms with Crippen LogP contribution >= 0.6 is 0 Å². The highest BCUT2D eigenvalue weighted by Crippen LogP contribution is 2.42. The highest BCUT2D eigenvalue weighted by atomic mass is 16.5. The lowest BCUT2D eigenvalue weighted by atomic mass is 10.0. The quantitative estimate of drug-likeness (QED) is 0.586. The Morgan fingerprint density at radius 3 is 2.00 bits per heavy atom. The molecular formula is C23H29NO6. The van der Waals surface area contributed by atoms with E-state index in [0.717, 1.165) is 41.3 Å². The van der Waals surface area contributed by atoms with Crippen molar-refractivity contribution in [2.24, 2.45) is 0 Å². The van der Waals surface area contributed by atoms with Crippen LogP contribution in [0.3, 0.4) is 0 Å². The number of nitrogens with zero attached hydrogens (tertiary/aromatic N) is 1. The van der Waals surface area contributed by atoms with Gasteiger partial charge in [-0.3, -0.25) is 4.79 Å². The van der Waals surface area contributed by atoms with Gasteiger partial charge >= 0.3 is 0 Å². The van der Waals surface area contributed by atoms with Gasteiger partial charge in [0.25, 0.3) is 0 Å². The predicted octanol–water partition coefficient (Wildman–Crippen LogP) is 4.07. The fourth-order valence-electron chi connectivity index (χ4n) is 3.54. The number of benzene rings is 1. The molecule has 2 aromatic heterocycles. The molecule has 1 aromatic carbocycles. The Balaban J connectivity index is 0.00000155. The molecule has 1 atom stereocenters. The van der Waals surface area contributed by atoms with E-state index in [2.05, 4.69) is 4.40 Å². The number of hydrogen-bond acceptors (Lipinski definition) is 6. The largest absolute Gasteiger partial charge is 0.493 e. The van der Waals surface area contributed by atoms with Crippen LogP contribution in [0, 0.1) is 6.92 Å². The Labute approximate surface area is 176 Å². The predicted molar refractivity (Wildman–Crippen MR) is 116 cm³/mol. The molecule has 0 amide bonds. The van der Waals surface area contributed by atoms with Crippen molar-refractivity contribution in [2.45, 2.75) is 20.0 Å². The minimum atomic E-state index is -0.164. The van der Waals surface area contributed by atoms with Gasteiger partial charge in [0.15, 0.2) is 11.5 Å². The van der Waals surface area contributed by atoms with Crippen molar-refractivity contribution in [3.05, 3.63) is 47.3 Å². The van der Waals surface area contributed by atoms with Crippen molar-refractivity contribution in [3.63, 3.8) is 0 Å². The summed E-state index contributed by atoms with van der Waals surface area (Å²) in [5, 5.41) is 7.00. The first-order valence-electron chi connectivity index (χ1n) is 9.37. The summed E-state index contributed by atoms with van der Waals surface area (Å²) in [4.78, 5) is 11.6. The molecule has 0 bridgehead atoms. The van der Waals surface area contributed by atoms with Crippen LogP contribution in [0.1, 0.15) is 34.6 Å². The number of hydrogen-bond donors (Lipinski definition) is 1. The number of aliphatic hydroxyl groups is 1. The summed E-state index contributed by atoms with van der Waals surface area (Å²) < 4.78 is 24.0. The SMILES string of the molecule is CO.COc1cc(-c2cc3cc(C=O)c(C)c(C(C)OC)n3c2)cc(OC)c1OC. The Kier molecular flexibility index (Phi) is 7.86. The summed E-state index contributed by atoms with van der Waals surface area (Å²) in [6, 6.07) is 7.72. The van der Waals surface area contributed by atoms with Crippen LogP contribution in [-0.4, -0.2) is 51.3 Å².